The summed E-state index contributed by atoms with van der Waals surface area (Å²) in [5.41, 5.74) is 2.30. The number of nitrogens with zero attached hydrogens (tertiary/aromatic N) is 2. The maximum absolute atomic E-state index is 9.94. The Hall–Kier alpha value is -1.61. The highest BCUT2D eigenvalue weighted by atomic mass is 16.3. The predicted molar refractivity (Wildman–Crippen MR) is 72.3 cm³/mol. The largest absolute Gasteiger partial charge is 0.393 e. The van der Waals surface area contributed by atoms with Gasteiger partial charge in [0.05, 0.1) is 11.8 Å². The van der Waals surface area contributed by atoms with Crippen LogP contribution in [0.5, 0.6) is 0 Å². The predicted octanol–water partition coefficient (Wildman–Crippen LogP) is 2.35. The van der Waals surface area contributed by atoms with Crippen LogP contribution in [0.4, 0.5) is 0 Å². The van der Waals surface area contributed by atoms with Crippen LogP contribution in [-0.2, 0) is 19.9 Å². The first-order valence-electron chi connectivity index (χ1n) is 6.44. The average molecular weight is 244 g/mol. The van der Waals surface area contributed by atoms with Crippen molar-refractivity contribution in [3.63, 3.8) is 0 Å². The van der Waals surface area contributed by atoms with E-state index in [4.69, 9.17) is 0 Å². The molecule has 2 rings (SSSR count). The molecule has 1 atom stereocenters. The summed E-state index contributed by atoms with van der Waals surface area (Å²) in [6.45, 7) is 0. The van der Waals surface area contributed by atoms with Crippen molar-refractivity contribution in [2.24, 2.45) is 7.05 Å². The van der Waals surface area contributed by atoms with Crippen LogP contribution in [0.3, 0.4) is 0 Å². The molecule has 0 spiro atoms. The van der Waals surface area contributed by atoms with Crippen molar-refractivity contribution < 1.29 is 5.11 Å². The van der Waals surface area contributed by atoms with E-state index in [1.807, 2.05) is 25.4 Å². The summed E-state index contributed by atoms with van der Waals surface area (Å²) in [6.07, 6.45) is 5.13. The van der Waals surface area contributed by atoms with Gasteiger partial charge in [-0.25, -0.2) is 0 Å². The third kappa shape index (κ3) is 4.00. The monoisotopic (exact) mass is 244 g/mol. The Balaban J connectivity index is 1.70. The number of rotatable bonds is 6. The fourth-order valence-electron chi connectivity index (χ4n) is 2.10. The van der Waals surface area contributed by atoms with Crippen molar-refractivity contribution in [1.29, 1.82) is 0 Å². The summed E-state index contributed by atoms with van der Waals surface area (Å²) in [6, 6.07) is 12.4. The minimum Gasteiger partial charge on any atom is -0.393 e. The molecule has 0 bridgehead atoms. The van der Waals surface area contributed by atoms with Gasteiger partial charge in [-0.15, -0.1) is 0 Å². The quantitative estimate of drug-likeness (QED) is 0.847. The first-order valence-corrected chi connectivity index (χ1v) is 6.44. The lowest BCUT2D eigenvalue weighted by Gasteiger charge is -2.08. The second-order valence-corrected chi connectivity index (χ2v) is 4.72. The molecule has 1 heterocycles. The molecule has 1 N–H and O–H groups in total. The molecule has 0 saturated heterocycles. The number of hydrogen-bond acceptors (Lipinski definition) is 2. The molecule has 0 radical (unpaired) electrons. The van der Waals surface area contributed by atoms with E-state index in [1.54, 1.807) is 4.68 Å². The number of benzene rings is 1. The Morgan fingerprint density at radius 3 is 2.67 bits per heavy atom. The standard InChI is InChI=1S/C15H20N2O/c1-17-11-10-14(16-17)12-15(18)9-5-8-13-6-3-2-4-7-13/h2-4,6-7,10-11,15,18H,5,8-9,12H2,1H3. The minimum atomic E-state index is -0.288. The van der Waals surface area contributed by atoms with Crippen LogP contribution in [0, 0.1) is 0 Å². The molecule has 3 nitrogen and oxygen atoms in total. The maximum atomic E-state index is 9.94. The Morgan fingerprint density at radius 2 is 2.00 bits per heavy atom. The number of aliphatic hydroxyl groups excluding tert-OH is 1. The number of aliphatic hydroxyl groups is 1. The van der Waals surface area contributed by atoms with Crippen molar-refractivity contribution in [1.82, 2.24) is 9.78 Å². The average Bonchev–Trinajstić information content (AvgIpc) is 2.76. The highest BCUT2D eigenvalue weighted by Gasteiger charge is 2.07. The smallest absolute Gasteiger partial charge is 0.0650 e. The summed E-state index contributed by atoms with van der Waals surface area (Å²) < 4.78 is 1.77. The van der Waals surface area contributed by atoms with Crippen LogP contribution >= 0.6 is 0 Å². The second-order valence-electron chi connectivity index (χ2n) is 4.72. The molecule has 0 aliphatic heterocycles. The van der Waals surface area contributed by atoms with Crippen LogP contribution in [0.15, 0.2) is 42.6 Å². The third-order valence-corrected chi connectivity index (χ3v) is 3.06. The van der Waals surface area contributed by atoms with Crippen molar-refractivity contribution in [2.75, 3.05) is 0 Å². The molecule has 2 aromatic rings. The maximum Gasteiger partial charge on any atom is 0.0650 e. The molecule has 0 saturated carbocycles. The van der Waals surface area contributed by atoms with Gasteiger partial charge in [0.1, 0.15) is 0 Å². The molecular weight excluding hydrogens is 224 g/mol. The molecular formula is C15H20N2O. The number of aryl methyl sites for hydroxylation is 2. The van der Waals surface area contributed by atoms with E-state index < -0.39 is 0 Å². The Labute approximate surface area is 108 Å². The van der Waals surface area contributed by atoms with E-state index in [1.165, 1.54) is 5.56 Å². The zero-order chi connectivity index (χ0) is 12.8. The summed E-state index contributed by atoms with van der Waals surface area (Å²) in [5, 5.41) is 14.2. The highest BCUT2D eigenvalue weighted by Crippen LogP contribution is 2.09. The SMILES string of the molecule is Cn1ccc(CC(O)CCCc2ccccc2)n1. The molecule has 0 fully saturated rings. The van der Waals surface area contributed by atoms with E-state index in [0.717, 1.165) is 25.0 Å². The zero-order valence-corrected chi connectivity index (χ0v) is 10.8. The Morgan fingerprint density at radius 1 is 1.22 bits per heavy atom. The molecule has 96 valence electrons. The Kier molecular flexibility index (Phi) is 4.53. The first kappa shape index (κ1) is 12.8. The van der Waals surface area contributed by atoms with E-state index in [-0.39, 0.29) is 6.10 Å². The van der Waals surface area contributed by atoms with Crippen molar-refractivity contribution in [3.05, 3.63) is 53.9 Å². The van der Waals surface area contributed by atoms with Gasteiger partial charge in [-0.1, -0.05) is 30.3 Å². The number of hydrogen-bond donors (Lipinski definition) is 1. The van der Waals surface area contributed by atoms with Crippen LogP contribution in [-0.4, -0.2) is 21.0 Å². The lowest BCUT2D eigenvalue weighted by molar-refractivity contribution is 0.161. The highest BCUT2D eigenvalue weighted by molar-refractivity contribution is 5.14. The lowest BCUT2D eigenvalue weighted by Crippen LogP contribution is -2.11. The third-order valence-electron chi connectivity index (χ3n) is 3.06. The fourth-order valence-corrected chi connectivity index (χ4v) is 2.10. The summed E-state index contributed by atoms with van der Waals surface area (Å²) >= 11 is 0. The Bertz CT molecular complexity index is 464. The first-order chi connectivity index (χ1) is 8.74. The molecule has 0 amide bonds. The van der Waals surface area contributed by atoms with E-state index in [2.05, 4.69) is 29.4 Å². The van der Waals surface area contributed by atoms with E-state index in [9.17, 15) is 5.11 Å². The van der Waals surface area contributed by atoms with Crippen LogP contribution in [0.25, 0.3) is 0 Å². The summed E-state index contributed by atoms with van der Waals surface area (Å²) in [5.74, 6) is 0. The zero-order valence-electron chi connectivity index (χ0n) is 10.8. The van der Waals surface area contributed by atoms with Gasteiger partial charge in [0.2, 0.25) is 0 Å². The van der Waals surface area contributed by atoms with Crippen molar-refractivity contribution in [3.8, 4) is 0 Å². The minimum absolute atomic E-state index is 0.288. The molecule has 0 aliphatic carbocycles. The van der Waals surface area contributed by atoms with Gasteiger partial charge in [0.25, 0.3) is 0 Å². The van der Waals surface area contributed by atoms with Gasteiger partial charge in [0.15, 0.2) is 0 Å². The second kappa shape index (κ2) is 6.36. The van der Waals surface area contributed by atoms with Gasteiger partial charge >= 0.3 is 0 Å². The van der Waals surface area contributed by atoms with Crippen LogP contribution < -0.4 is 0 Å². The van der Waals surface area contributed by atoms with Gasteiger partial charge in [-0.2, -0.15) is 5.10 Å². The molecule has 18 heavy (non-hydrogen) atoms. The topological polar surface area (TPSA) is 38.0 Å². The molecule has 0 aliphatic rings. The van der Waals surface area contributed by atoms with Gasteiger partial charge in [-0.05, 0) is 30.9 Å². The summed E-state index contributed by atoms with van der Waals surface area (Å²) in [4.78, 5) is 0. The van der Waals surface area contributed by atoms with Crippen LogP contribution in [0.2, 0.25) is 0 Å². The fraction of sp³-hybridized carbons (Fsp3) is 0.400. The molecule has 1 aromatic heterocycles. The molecule has 1 aromatic carbocycles. The van der Waals surface area contributed by atoms with Gasteiger partial charge < -0.3 is 5.11 Å². The lowest BCUT2D eigenvalue weighted by atomic mass is 10.0. The van der Waals surface area contributed by atoms with E-state index >= 15 is 0 Å². The van der Waals surface area contributed by atoms with Gasteiger partial charge in [-0.3, -0.25) is 4.68 Å². The van der Waals surface area contributed by atoms with Gasteiger partial charge in [0, 0.05) is 19.7 Å². The van der Waals surface area contributed by atoms with Crippen molar-refractivity contribution in [2.45, 2.75) is 31.8 Å². The molecule has 3 heteroatoms. The van der Waals surface area contributed by atoms with Crippen molar-refractivity contribution >= 4 is 0 Å². The molecule has 1 unspecified atom stereocenters. The summed E-state index contributed by atoms with van der Waals surface area (Å²) in [7, 11) is 1.89. The normalized spacial score (nSPS) is 12.6. The van der Waals surface area contributed by atoms with Crippen LogP contribution in [0.1, 0.15) is 24.1 Å². The number of aromatic nitrogens is 2. The van der Waals surface area contributed by atoms with E-state index in [0.29, 0.717) is 6.42 Å².